The summed E-state index contributed by atoms with van der Waals surface area (Å²) < 4.78 is 71.6. The van der Waals surface area contributed by atoms with Gasteiger partial charge in [0.25, 0.3) is 5.76 Å². The topological polar surface area (TPSA) is 92.5 Å². The number of fused-ring (bicyclic) bond motifs is 1. The van der Waals surface area contributed by atoms with Crippen molar-refractivity contribution in [3.63, 3.8) is 0 Å². The Morgan fingerprint density at radius 1 is 0.977 bits per heavy atom. The van der Waals surface area contributed by atoms with E-state index in [1.807, 2.05) is 16.7 Å². The van der Waals surface area contributed by atoms with Crippen LogP contribution in [0.4, 0.5) is 23.2 Å². The number of hydrogen-bond acceptors (Lipinski definition) is 8. The Balaban J connectivity index is 1.42. The maximum Gasteiger partial charge on any atom is 0.453 e. The minimum Gasteiger partial charge on any atom is -0.507 e. The van der Waals surface area contributed by atoms with Gasteiger partial charge in [-0.2, -0.15) is 13.2 Å². The van der Waals surface area contributed by atoms with E-state index in [-0.39, 0.29) is 52.6 Å². The first-order chi connectivity index (χ1) is 20.5. The van der Waals surface area contributed by atoms with E-state index in [4.69, 9.17) is 13.9 Å². The number of benzene rings is 3. The molecular formula is C31H28F4N2O6. The molecule has 0 spiro atoms. The standard InChI is InChI=1S/C31H28F4N2O6/c1-2-17-41-30(40)19-3-9-22(10-4-19)42-28-26(39)23-11-12-25(38)24(27(23)43-29(28)31(33,34)35)18-36-13-15-37(16-14-36)21-7-5-20(32)6-8-21/h3-12,38H,2,13-18H2,1H3. The van der Waals surface area contributed by atoms with Gasteiger partial charge in [-0.05, 0) is 67.1 Å². The van der Waals surface area contributed by atoms with Gasteiger partial charge in [-0.25, -0.2) is 9.18 Å². The van der Waals surface area contributed by atoms with Gasteiger partial charge in [0.1, 0.15) is 22.9 Å². The van der Waals surface area contributed by atoms with E-state index >= 15 is 0 Å². The number of ether oxygens (including phenoxy) is 2. The average Bonchev–Trinajstić information content (AvgIpc) is 2.99. The van der Waals surface area contributed by atoms with Gasteiger partial charge in [-0.3, -0.25) is 9.69 Å². The van der Waals surface area contributed by atoms with Crippen LogP contribution in [0.15, 0.2) is 69.9 Å². The predicted molar refractivity (Wildman–Crippen MR) is 150 cm³/mol. The molecule has 226 valence electrons. The van der Waals surface area contributed by atoms with Crippen LogP contribution in [0.5, 0.6) is 17.2 Å². The Kier molecular flexibility index (Phi) is 8.58. The van der Waals surface area contributed by atoms with Gasteiger partial charge in [0.2, 0.25) is 11.2 Å². The van der Waals surface area contributed by atoms with Gasteiger partial charge in [-0.15, -0.1) is 0 Å². The summed E-state index contributed by atoms with van der Waals surface area (Å²) in [5.74, 6) is -4.09. The first-order valence-corrected chi connectivity index (χ1v) is 13.6. The lowest BCUT2D eigenvalue weighted by molar-refractivity contribution is -0.154. The van der Waals surface area contributed by atoms with Crippen molar-refractivity contribution in [2.75, 3.05) is 37.7 Å². The average molecular weight is 601 g/mol. The third-order valence-corrected chi connectivity index (χ3v) is 7.05. The van der Waals surface area contributed by atoms with Crippen LogP contribution in [0.25, 0.3) is 11.0 Å². The molecule has 12 heteroatoms. The van der Waals surface area contributed by atoms with Crippen LogP contribution in [0.2, 0.25) is 0 Å². The molecule has 0 atom stereocenters. The van der Waals surface area contributed by atoms with Gasteiger partial charge in [0.05, 0.1) is 23.1 Å². The van der Waals surface area contributed by atoms with E-state index in [2.05, 4.69) is 0 Å². The monoisotopic (exact) mass is 600 g/mol. The number of alkyl halides is 3. The summed E-state index contributed by atoms with van der Waals surface area (Å²) in [6.45, 7) is 4.17. The minimum absolute atomic E-state index is 0.0243. The molecule has 1 aliphatic heterocycles. The third kappa shape index (κ3) is 6.59. The molecule has 3 aromatic carbocycles. The molecule has 1 N–H and O–H groups in total. The number of esters is 1. The number of carbonyl (C=O) groups excluding carboxylic acids is 1. The quantitative estimate of drug-likeness (QED) is 0.185. The number of aromatic hydroxyl groups is 1. The van der Waals surface area contributed by atoms with Crippen LogP contribution in [-0.4, -0.2) is 48.8 Å². The highest BCUT2D eigenvalue weighted by atomic mass is 19.4. The Hall–Kier alpha value is -4.58. The van der Waals surface area contributed by atoms with E-state index in [1.165, 1.54) is 48.5 Å². The summed E-state index contributed by atoms with van der Waals surface area (Å²) >= 11 is 0. The zero-order valence-corrected chi connectivity index (χ0v) is 23.1. The van der Waals surface area contributed by atoms with Crippen molar-refractivity contribution in [1.82, 2.24) is 4.90 Å². The summed E-state index contributed by atoms with van der Waals surface area (Å²) in [7, 11) is 0. The second-order valence-electron chi connectivity index (χ2n) is 10.0. The smallest absolute Gasteiger partial charge is 0.453 e. The third-order valence-electron chi connectivity index (χ3n) is 7.05. The molecule has 0 bridgehead atoms. The molecule has 1 fully saturated rings. The van der Waals surface area contributed by atoms with Crippen LogP contribution in [0.3, 0.4) is 0 Å². The molecule has 8 nitrogen and oxygen atoms in total. The molecule has 0 radical (unpaired) electrons. The molecule has 0 unspecified atom stereocenters. The van der Waals surface area contributed by atoms with Crippen molar-refractivity contribution in [3.8, 4) is 17.2 Å². The summed E-state index contributed by atoms with van der Waals surface area (Å²) in [5, 5.41) is 10.4. The molecular weight excluding hydrogens is 572 g/mol. The lowest BCUT2D eigenvalue weighted by atomic mass is 10.1. The summed E-state index contributed by atoms with van der Waals surface area (Å²) in [4.78, 5) is 29.4. The second-order valence-corrected chi connectivity index (χ2v) is 10.0. The SMILES string of the molecule is CCCOC(=O)c1ccc(Oc2c(C(F)(F)F)oc3c(CN4CCN(c5ccc(F)cc5)CC4)c(O)ccc3c2=O)cc1. The van der Waals surface area contributed by atoms with Gasteiger partial charge in [0, 0.05) is 38.4 Å². The number of anilines is 1. The van der Waals surface area contributed by atoms with Crippen molar-refractivity contribution >= 4 is 22.6 Å². The van der Waals surface area contributed by atoms with Gasteiger partial charge >= 0.3 is 12.1 Å². The van der Waals surface area contributed by atoms with Crippen molar-refractivity contribution in [2.45, 2.75) is 26.1 Å². The highest BCUT2D eigenvalue weighted by molar-refractivity contribution is 5.89. The maximum atomic E-state index is 14.2. The van der Waals surface area contributed by atoms with Gasteiger partial charge < -0.3 is 23.9 Å². The number of piperazine rings is 1. The molecule has 4 aromatic rings. The van der Waals surface area contributed by atoms with Crippen LogP contribution in [0.1, 0.15) is 35.0 Å². The second kappa shape index (κ2) is 12.3. The van der Waals surface area contributed by atoms with E-state index in [1.54, 1.807) is 12.1 Å². The number of phenolic OH excluding ortho intramolecular Hbond substituents is 1. The summed E-state index contributed by atoms with van der Waals surface area (Å²) in [6.07, 6.45) is -4.48. The molecule has 1 saturated heterocycles. The molecule has 1 aromatic heterocycles. The van der Waals surface area contributed by atoms with Gasteiger partial charge in [0.15, 0.2) is 0 Å². The number of rotatable bonds is 8. The fourth-order valence-corrected chi connectivity index (χ4v) is 4.81. The maximum absolute atomic E-state index is 14.2. The van der Waals surface area contributed by atoms with Crippen LogP contribution < -0.4 is 15.1 Å². The van der Waals surface area contributed by atoms with E-state index < -0.39 is 29.1 Å². The van der Waals surface area contributed by atoms with Crippen molar-refractivity contribution < 1.29 is 41.4 Å². The van der Waals surface area contributed by atoms with Crippen molar-refractivity contribution in [1.29, 1.82) is 0 Å². The predicted octanol–water partition coefficient (Wildman–Crippen LogP) is 6.34. The molecule has 5 rings (SSSR count). The molecule has 2 heterocycles. The van der Waals surface area contributed by atoms with E-state index in [9.17, 15) is 32.3 Å². The van der Waals surface area contributed by atoms with Crippen molar-refractivity contribution in [2.24, 2.45) is 0 Å². The zero-order chi connectivity index (χ0) is 30.7. The number of hydrogen-bond donors (Lipinski definition) is 1. The lowest BCUT2D eigenvalue weighted by Gasteiger charge is -2.36. The fourth-order valence-electron chi connectivity index (χ4n) is 4.81. The molecule has 0 amide bonds. The van der Waals surface area contributed by atoms with Crippen molar-refractivity contribution in [3.05, 3.63) is 93.6 Å². The van der Waals surface area contributed by atoms with Gasteiger partial charge in [-0.1, -0.05) is 6.92 Å². The van der Waals surface area contributed by atoms with Crippen LogP contribution >= 0.6 is 0 Å². The molecule has 43 heavy (non-hydrogen) atoms. The summed E-state index contributed by atoms with van der Waals surface area (Å²) in [6, 6.07) is 13.6. The first kappa shape index (κ1) is 29.9. The molecule has 0 aliphatic carbocycles. The highest BCUT2D eigenvalue weighted by Crippen LogP contribution is 2.40. The fraction of sp³-hybridized carbons (Fsp3) is 0.290. The Morgan fingerprint density at radius 3 is 2.28 bits per heavy atom. The van der Waals surface area contributed by atoms with Crippen LogP contribution in [-0.2, 0) is 17.5 Å². The zero-order valence-electron chi connectivity index (χ0n) is 23.1. The minimum atomic E-state index is -5.10. The van der Waals surface area contributed by atoms with E-state index in [0.717, 1.165) is 5.69 Å². The number of phenols is 1. The van der Waals surface area contributed by atoms with E-state index in [0.29, 0.717) is 32.6 Å². The first-order valence-electron chi connectivity index (χ1n) is 13.6. The number of halogens is 4. The molecule has 0 saturated carbocycles. The van der Waals surface area contributed by atoms with Crippen LogP contribution in [0, 0.1) is 5.82 Å². The Labute approximate surface area is 243 Å². The summed E-state index contributed by atoms with van der Waals surface area (Å²) in [5.41, 5.74) is -0.409. The number of nitrogens with zero attached hydrogens (tertiary/aromatic N) is 2. The Bertz CT molecular complexity index is 1660. The largest absolute Gasteiger partial charge is 0.507 e. The highest BCUT2D eigenvalue weighted by Gasteiger charge is 2.41. The normalized spacial score (nSPS) is 14.2. The number of carbonyl (C=O) groups is 1. The lowest BCUT2D eigenvalue weighted by Crippen LogP contribution is -2.46. The Morgan fingerprint density at radius 2 is 1.65 bits per heavy atom. The molecule has 1 aliphatic rings.